The highest BCUT2D eigenvalue weighted by Crippen LogP contribution is 2.33. The van der Waals surface area contributed by atoms with Gasteiger partial charge in [0.25, 0.3) is 0 Å². The van der Waals surface area contributed by atoms with Gasteiger partial charge in [0.2, 0.25) is 0 Å². The number of anilines is 1. The van der Waals surface area contributed by atoms with Gasteiger partial charge in [0.1, 0.15) is 6.61 Å². The van der Waals surface area contributed by atoms with Gasteiger partial charge in [0, 0.05) is 17.2 Å². The largest absolute Gasteiger partial charge is 0.457 e. The molecule has 22 heavy (non-hydrogen) atoms. The molecule has 3 rings (SSSR count). The molecular weight excluding hydrogens is 278 g/mol. The van der Waals surface area contributed by atoms with Crippen molar-refractivity contribution in [3.8, 4) is 0 Å². The molecule has 0 heterocycles. The van der Waals surface area contributed by atoms with E-state index in [1.54, 1.807) is 36.4 Å². The van der Waals surface area contributed by atoms with Crippen LogP contribution in [0.25, 0.3) is 0 Å². The van der Waals surface area contributed by atoms with E-state index in [0.29, 0.717) is 16.8 Å². The van der Waals surface area contributed by atoms with Gasteiger partial charge in [-0.1, -0.05) is 30.3 Å². The molecule has 0 radical (unpaired) electrons. The molecule has 1 fully saturated rings. The van der Waals surface area contributed by atoms with Crippen LogP contribution in [0.2, 0.25) is 0 Å². The summed E-state index contributed by atoms with van der Waals surface area (Å²) in [5.41, 5.74) is 7.93. The molecule has 0 aromatic heterocycles. The van der Waals surface area contributed by atoms with Crippen molar-refractivity contribution >= 4 is 17.4 Å². The van der Waals surface area contributed by atoms with Gasteiger partial charge in [-0.3, -0.25) is 4.79 Å². The van der Waals surface area contributed by atoms with E-state index in [1.807, 2.05) is 12.1 Å². The van der Waals surface area contributed by atoms with Gasteiger partial charge >= 0.3 is 5.97 Å². The Bertz CT molecular complexity index is 720. The number of nitrogen functional groups attached to an aromatic ring is 1. The van der Waals surface area contributed by atoms with Crippen molar-refractivity contribution in [2.45, 2.75) is 19.4 Å². The molecule has 1 saturated carbocycles. The lowest BCUT2D eigenvalue weighted by molar-refractivity contribution is 0.0469. The molecule has 2 aromatic rings. The van der Waals surface area contributed by atoms with E-state index >= 15 is 0 Å². The van der Waals surface area contributed by atoms with Crippen molar-refractivity contribution in [3.05, 3.63) is 65.2 Å². The second-order valence-electron chi connectivity index (χ2n) is 5.51. The van der Waals surface area contributed by atoms with Crippen molar-refractivity contribution in [3.63, 3.8) is 0 Å². The first-order valence-electron chi connectivity index (χ1n) is 7.30. The topological polar surface area (TPSA) is 69.4 Å². The molecule has 0 aliphatic heterocycles. The molecule has 0 unspecified atom stereocenters. The van der Waals surface area contributed by atoms with E-state index < -0.39 is 5.97 Å². The van der Waals surface area contributed by atoms with Gasteiger partial charge in [-0.2, -0.15) is 0 Å². The average Bonchev–Trinajstić information content (AvgIpc) is 3.37. The number of ketones is 1. The summed E-state index contributed by atoms with van der Waals surface area (Å²) in [5.74, 6) is -0.369. The number of esters is 1. The molecule has 4 heteroatoms. The fourth-order valence-electron chi connectivity index (χ4n) is 2.35. The number of carbonyl (C=O) groups excluding carboxylic acids is 2. The highest BCUT2D eigenvalue weighted by atomic mass is 16.5. The summed E-state index contributed by atoms with van der Waals surface area (Å²) in [6.07, 6.45) is 1.82. The molecule has 2 N–H and O–H groups in total. The van der Waals surface area contributed by atoms with E-state index in [4.69, 9.17) is 10.5 Å². The highest BCUT2D eigenvalue weighted by Gasteiger charge is 2.32. The molecule has 112 valence electrons. The van der Waals surface area contributed by atoms with Crippen LogP contribution in [-0.2, 0) is 11.3 Å². The molecule has 2 aromatic carbocycles. The summed E-state index contributed by atoms with van der Waals surface area (Å²) in [6.45, 7) is 0.135. The van der Waals surface area contributed by atoms with Crippen LogP contribution in [0.3, 0.4) is 0 Å². The Balaban J connectivity index is 1.73. The SMILES string of the molecule is Nc1cccc(COC(=O)c2ccccc2C(=O)C2CC2)c1. The van der Waals surface area contributed by atoms with E-state index in [0.717, 1.165) is 18.4 Å². The third-order valence-electron chi connectivity index (χ3n) is 3.68. The van der Waals surface area contributed by atoms with Crippen molar-refractivity contribution in [1.29, 1.82) is 0 Å². The summed E-state index contributed by atoms with van der Waals surface area (Å²) in [7, 11) is 0. The number of Topliss-reactive ketones (excluding diaryl/α,β-unsaturated/α-hetero) is 1. The Labute approximate surface area is 128 Å². The highest BCUT2D eigenvalue weighted by molar-refractivity contribution is 6.08. The Morgan fingerprint density at radius 3 is 2.45 bits per heavy atom. The Hall–Kier alpha value is -2.62. The zero-order valence-electron chi connectivity index (χ0n) is 12.1. The zero-order valence-corrected chi connectivity index (χ0v) is 12.1. The van der Waals surface area contributed by atoms with E-state index in [9.17, 15) is 9.59 Å². The standard InChI is InChI=1S/C18H17NO3/c19-14-5-3-4-12(10-14)11-22-18(21)16-7-2-1-6-15(16)17(20)13-8-9-13/h1-7,10,13H,8-9,11,19H2. The zero-order chi connectivity index (χ0) is 15.5. The minimum absolute atomic E-state index is 0.0384. The Kier molecular flexibility index (Phi) is 3.92. The van der Waals surface area contributed by atoms with Crippen LogP contribution in [-0.4, -0.2) is 11.8 Å². The third kappa shape index (κ3) is 3.17. The lowest BCUT2D eigenvalue weighted by atomic mass is 10.0. The van der Waals surface area contributed by atoms with Crippen molar-refractivity contribution in [2.24, 2.45) is 5.92 Å². The minimum atomic E-state index is -0.480. The fourth-order valence-corrected chi connectivity index (χ4v) is 2.35. The Morgan fingerprint density at radius 1 is 1.05 bits per heavy atom. The van der Waals surface area contributed by atoms with Crippen LogP contribution >= 0.6 is 0 Å². The number of benzene rings is 2. The van der Waals surface area contributed by atoms with Gasteiger partial charge in [0.15, 0.2) is 5.78 Å². The first-order chi connectivity index (χ1) is 10.6. The first-order valence-corrected chi connectivity index (χ1v) is 7.30. The van der Waals surface area contributed by atoms with Crippen LogP contribution in [0.15, 0.2) is 48.5 Å². The average molecular weight is 295 g/mol. The minimum Gasteiger partial charge on any atom is -0.457 e. The second-order valence-corrected chi connectivity index (χ2v) is 5.51. The molecule has 0 saturated heterocycles. The van der Waals surface area contributed by atoms with Crippen molar-refractivity contribution in [1.82, 2.24) is 0 Å². The summed E-state index contributed by atoms with van der Waals surface area (Å²) >= 11 is 0. The maximum atomic E-state index is 12.3. The van der Waals surface area contributed by atoms with Crippen LogP contribution in [0, 0.1) is 5.92 Å². The smallest absolute Gasteiger partial charge is 0.339 e. The second kappa shape index (κ2) is 6.02. The molecule has 0 bridgehead atoms. The monoisotopic (exact) mass is 295 g/mol. The normalized spacial score (nSPS) is 13.6. The molecule has 1 aliphatic rings. The lowest BCUT2D eigenvalue weighted by Gasteiger charge is -2.09. The maximum Gasteiger partial charge on any atom is 0.339 e. The number of hydrogen-bond donors (Lipinski definition) is 1. The maximum absolute atomic E-state index is 12.3. The van der Waals surface area contributed by atoms with E-state index in [1.165, 1.54) is 0 Å². The van der Waals surface area contributed by atoms with Crippen LogP contribution in [0.4, 0.5) is 5.69 Å². The van der Waals surface area contributed by atoms with E-state index in [2.05, 4.69) is 0 Å². The van der Waals surface area contributed by atoms with Crippen LogP contribution in [0.5, 0.6) is 0 Å². The number of hydrogen-bond acceptors (Lipinski definition) is 4. The van der Waals surface area contributed by atoms with Crippen LogP contribution < -0.4 is 5.73 Å². The molecule has 0 amide bonds. The predicted octanol–water partition coefficient (Wildman–Crippen LogP) is 3.22. The molecular formula is C18H17NO3. The predicted molar refractivity (Wildman–Crippen MR) is 83.5 cm³/mol. The molecule has 4 nitrogen and oxygen atoms in total. The fraction of sp³-hybridized carbons (Fsp3) is 0.222. The van der Waals surface area contributed by atoms with Gasteiger partial charge in [-0.05, 0) is 36.6 Å². The molecule has 1 aliphatic carbocycles. The number of nitrogens with two attached hydrogens (primary N) is 1. The van der Waals surface area contributed by atoms with Crippen LogP contribution in [0.1, 0.15) is 39.1 Å². The lowest BCUT2D eigenvalue weighted by Crippen LogP contribution is -2.13. The molecule has 0 spiro atoms. The van der Waals surface area contributed by atoms with Crippen molar-refractivity contribution < 1.29 is 14.3 Å². The number of carbonyl (C=O) groups is 2. The van der Waals surface area contributed by atoms with Gasteiger partial charge in [-0.15, -0.1) is 0 Å². The van der Waals surface area contributed by atoms with Crippen molar-refractivity contribution in [2.75, 3.05) is 5.73 Å². The number of rotatable bonds is 5. The summed E-state index contributed by atoms with van der Waals surface area (Å²) < 4.78 is 5.31. The quantitative estimate of drug-likeness (QED) is 0.522. The van der Waals surface area contributed by atoms with Gasteiger partial charge in [-0.25, -0.2) is 4.79 Å². The number of ether oxygens (including phenoxy) is 1. The summed E-state index contributed by atoms with van der Waals surface area (Å²) in [4.78, 5) is 24.5. The Morgan fingerprint density at radius 2 is 1.77 bits per heavy atom. The van der Waals surface area contributed by atoms with E-state index in [-0.39, 0.29) is 18.3 Å². The van der Waals surface area contributed by atoms with Gasteiger partial charge < -0.3 is 10.5 Å². The third-order valence-corrected chi connectivity index (χ3v) is 3.68. The summed E-state index contributed by atoms with van der Waals surface area (Å²) in [5, 5.41) is 0. The summed E-state index contributed by atoms with van der Waals surface area (Å²) in [6, 6.07) is 14.0. The first kappa shape index (κ1) is 14.3. The molecule has 0 atom stereocenters. The van der Waals surface area contributed by atoms with Gasteiger partial charge in [0.05, 0.1) is 5.56 Å².